The SMILES string of the molecule is O=C(NCc1ccc(Cl)cc1)c1c[nH]c2c(F)cc(S(=O)(=O)C3(CCCN4CCOCC4)C=CC=N3)cc2c1=O. The molecule has 0 bridgehead atoms. The lowest BCUT2D eigenvalue weighted by atomic mass is 10.1. The molecule has 2 aliphatic rings. The molecule has 1 saturated heterocycles. The second-order valence-corrected chi connectivity index (χ2v) is 12.3. The van der Waals surface area contributed by atoms with Gasteiger partial charge in [-0.1, -0.05) is 23.7 Å². The van der Waals surface area contributed by atoms with Gasteiger partial charge in [0.05, 0.1) is 29.0 Å². The van der Waals surface area contributed by atoms with Crippen molar-refractivity contribution in [1.29, 1.82) is 0 Å². The van der Waals surface area contributed by atoms with Crippen LogP contribution >= 0.6 is 11.6 Å². The lowest BCUT2D eigenvalue weighted by Gasteiger charge is -2.29. The molecule has 3 aromatic rings. The minimum absolute atomic E-state index is 0.133. The molecule has 0 aliphatic carbocycles. The number of halogens is 2. The van der Waals surface area contributed by atoms with Gasteiger partial charge in [0, 0.05) is 37.1 Å². The van der Waals surface area contributed by atoms with E-state index in [-0.39, 0.29) is 34.3 Å². The number of nitrogens with zero attached hydrogens (tertiary/aromatic N) is 2. The molecule has 9 nitrogen and oxygen atoms in total. The van der Waals surface area contributed by atoms with Gasteiger partial charge in [-0.15, -0.1) is 0 Å². The molecule has 2 aromatic carbocycles. The number of hydrogen-bond donors (Lipinski definition) is 2. The summed E-state index contributed by atoms with van der Waals surface area (Å²) in [6.45, 7) is 3.61. The van der Waals surface area contributed by atoms with E-state index in [0.29, 0.717) is 31.2 Å². The van der Waals surface area contributed by atoms with Gasteiger partial charge in [-0.25, -0.2) is 12.8 Å². The van der Waals surface area contributed by atoms with Gasteiger partial charge in [0.15, 0.2) is 4.87 Å². The third-order valence-electron chi connectivity index (χ3n) is 7.15. The summed E-state index contributed by atoms with van der Waals surface area (Å²) in [6.07, 6.45) is 6.31. The number of fused-ring (bicyclic) bond motifs is 1. The number of benzene rings is 2. The Hall–Kier alpha value is -3.38. The van der Waals surface area contributed by atoms with E-state index in [0.717, 1.165) is 37.0 Å². The first-order valence-electron chi connectivity index (χ1n) is 12.9. The highest BCUT2D eigenvalue weighted by molar-refractivity contribution is 7.93. The number of amides is 1. The van der Waals surface area contributed by atoms with Gasteiger partial charge in [-0.05, 0) is 61.4 Å². The zero-order valence-electron chi connectivity index (χ0n) is 21.5. The van der Waals surface area contributed by atoms with Crippen LogP contribution in [0.3, 0.4) is 0 Å². The van der Waals surface area contributed by atoms with Crippen molar-refractivity contribution in [2.75, 3.05) is 32.8 Å². The van der Waals surface area contributed by atoms with E-state index in [1.54, 1.807) is 30.3 Å². The van der Waals surface area contributed by atoms with Crippen molar-refractivity contribution < 1.29 is 22.3 Å². The molecule has 210 valence electrons. The van der Waals surface area contributed by atoms with Crippen LogP contribution in [0.5, 0.6) is 0 Å². The molecule has 0 saturated carbocycles. The van der Waals surface area contributed by atoms with Crippen molar-refractivity contribution in [2.24, 2.45) is 4.99 Å². The van der Waals surface area contributed by atoms with Crippen LogP contribution in [-0.2, 0) is 21.1 Å². The van der Waals surface area contributed by atoms with Gasteiger partial charge in [0.1, 0.15) is 11.4 Å². The van der Waals surface area contributed by atoms with Gasteiger partial charge < -0.3 is 15.0 Å². The minimum atomic E-state index is -4.25. The Labute approximate surface area is 235 Å². The van der Waals surface area contributed by atoms with Crippen molar-refractivity contribution in [1.82, 2.24) is 15.2 Å². The average Bonchev–Trinajstić information content (AvgIpc) is 3.44. The van der Waals surface area contributed by atoms with E-state index in [1.807, 2.05) is 0 Å². The smallest absolute Gasteiger partial charge is 0.257 e. The lowest BCUT2D eigenvalue weighted by molar-refractivity contribution is 0.0370. The highest BCUT2D eigenvalue weighted by atomic mass is 35.5. The van der Waals surface area contributed by atoms with Crippen LogP contribution in [-0.4, -0.2) is 68.1 Å². The molecule has 1 atom stereocenters. The summed E-state index contributed by atoms with van der Waals surface area (Å²) in [5.74, 6) is -1.61. The molecule has 1 aromatic heterocycles. The normalized spacial score (nSPS) is 19.4. The Morgan fingerprint density at radius 2 is 1.95 bits per heavy atom. The summed E-state index contributed by atoms with van der Waals surface area (Å²) in [5, 5.41) is 2.95. The van der Waals surface area contributed by atoms with E-state index in [2.05, 4.69) is 20.2 Å². The minimum Gasteiger partial charge on any atom is -0.379 e. The summed E-state index contributed by atoms with van der Waals surface area (Å²) in [6, 6.07) is 8.82. The van der Waals surface area contributed by atoms with Crippen LogP contribution in [0.4, 0.5) is 4.39 Å². The van der Waals surface area contributed by atoms with Crippen LogP contribution in [0, 0.1) is 5.82 Å². The summed E-state index contributed by atoms with van der Waals surface area (Å²) < 4.78 is 48.3. The molecule has 0 spiro atoms. The van der Waals surface area contributed by atoms with E-state index in [9.17, 15) is 18.0 Å². The Morgan fingerprint density at radius 3 is 2.65 bits per heavy atom. The van der Waals surface area contributed by atoms with Gasteiger partial charge in [0.25, 0.3) is 5.91 Å². The average molecular weight is 587 g/mol. The monoisotopic (exact) mass is 586 g/mol. The van der Waals surface area contributed by atoms with Crippen molar-refractivity contribution in [3.05, 3.63) is 86.9 Å². The third kappa shape index (κ3) is 5.60. The number of H-pyrrole nitrogens is 1. The molecular weight excluding hydrogens is 559 g/mol. The van der Waals surface area contributed by atoms with Crippen LogP contribution in [0.15, 0.2) is 69.4 Å². The molecule has 1 fully saturated rings. The van der Waals surface area contributed by atoms with Gasteiger partial charge >= 0.3 is 0 Å². The number of pyridine rings is 1. The molecule has 12 heteroatoms. The van der Waals surface area contributed by atoms with Crippen molar-refractivity contribution >= 4 is 44.5 Å². The number of morpholine rings is 1. The maximum absolute atomic E-state index is 15.2. The first-order valence-corrected chi connectivity index (χ1v) is 14.7. The maximum atomic E-state index is 15.2. The molecule has 5 rings (SSSR count). The van der Waals surface area contributed by atoms with Crippen LogP contribution < -0.4 is 10.7 Å². The Balaban J connectivity index is 1.42. The Morgan fingerprint density at radius 1 is 1.20 bits per heavy atom. The summed E-state index contributed by atoms with van der Waals surface area (Å²) in [4.78, 5) is 33.2. The fourth-order valence-corrected chi connectivity index (χ4v) is 6.83. The predicted octanol–water partition coefficient (Wildman–Crippen LogP) is 3.47. The van der Waals surface area contributed by atoms with Crippen LogP contribution in [0.1, 0.15) is 28.8 Å². The van der Waals surface area contributed by atoms with Crippen LogP contribution in [0.25, 0.3) is 10.9 Å². The highest BCUT2D eigenvalue weighted by Gasteiger charge is 2.43. The quantitative estimate of drug-likeness (QED) is 0.396. The molecular formula is C28H28ClFN4O5S. The molecule has 0 radical (unpaired) electrons. The first-order chi connectivity index (χ1) is 19.2. The first kappa shape index (κ1) is 28.2. The predicted molar refractivity (Wildman–Crippen MR) is 151 cm³/mol. The number of allylic oxidation sites excluding steroid dienone is 1. The number of nitrogens with one attached hydrogen (secondary N) is 2. The molecule has 1 unspecified atom stereocenters. The fourth-order valence-electron chi connectivity index (χ4n) is 4.90. The zero-order chi connectivity index (χ0) is 28.3. The van der Waals surface area contributed by atoms with Gasteiger partial charge in [-0.2, -0.15) is 0 Å². The molecule has 40 heavy (non-hydrogen) atoms. The molecule has 3 heterocycles. The van der Waals surface area contributed by atoms with Gasteiger partial charge in [0.2, 0.25) is 15.3 Å². The standard InChI is InChI=1S/C28H28ClFN4O5S/c29-20-5-3-19(4-6-20)17-32-27(36)23-18-31-25-22(26(23)35)15-21(16-24(25)30)40(37,38)28(7-1-9-33-28)8-2-10-34-11-13-39-14-12-34/h1,3-7,9,15-16,18H,2,8,10-14,17H2,(H,31,35)(H,32,36). The van der Waals surface area contributed by atoms with Crippen molar-refractivity contribution in [2.45, 2.75) is 29.2 Å². The zero-order valence-corrected chi connectivity index (χ0v) is 23.1. The summed E-state index contributed by atoms with van der Waals surface area (Å²) in [7, 11) is -4.25. The van der Waals surface area contributed by atoms with E-state index in [1.165, 1.54) is 12.3 Å². The lowest BCUT2D eigenvalue weighted by Crippen LogP contribution is -2.39. The molecule has 2 N–H and O–H groups in total. The Bertz CT molecular complexity index is 1640. The second-order valence-electron chi connectivity index (χ2n) is 9.71. The van der Waals surface area contributed by atoms with Crippen LogP contribution in [0.2, 0.25) is 5.02 Å². The van der Waals surface area contributed by atoms with E-state index in [4.69, 9.17) is 16.3 Å². The number of sulfone groups is 1. The summed E-state index contributed by atoms with van der Waals surface area (Å²) >= 11 is 5.89. The maximum Gasteiger partial charge on any atom is 0.257 e. The third-order valence-corrected chi connectivity index (χ3v) is 9.63. The van der Waals surface area contributed by atoms with Crippen molar-refractivity contribution in [3.8, 4) is 0 Å². The number of rotatable bonds is 9. The molecule has 2 aliphatic heterocycles. The number of aliphatic imine (C=N–C) groups is 1. The number of ether oxygens (including phenoxy) is 1. The number of carbonyl (C=O) groups excluding carboxylic acids is 1. The number of hydrogen-bond acceptors (Lipinski definition) is 7. The number of aromatic amines is 1. The Kier molecular flexibility index (Phi) is 8.18. The highest BCUT2D eigenvalue weighted by Crippen LogP contribution is 2.36. The molecule has 1 amide bonds. The summed E-state index contributed by atoms with van der Waals surface area (Å²) in [5.41, 5.74) is -0.483. The number of carbonyl (C=O) groups is 1. The number of aromatic nitrogens is 1. The van der Waals surface area contributed by atoms with Gasteiger partial charge in [-0.3, -0.25) is 19.5 Å². The second kappa shape index (κ2) is 11.6. The van der Waals surface area contributed by atoms with E-state index < -0.39 is 31.9 Å². The fraction of sp³-hybridized carbons (Fsp3) is 0.321. The van der Waals surface area contributed by atoms with Crippen molar-refractivity contribution in [3.63, 3.8) is 0 Å². The topological polar surface area (TPSA) is 121 Å². The van der Waals surface area contributed by atoms with E-state index >= 15 is 4.39 Å². The largest absolute Gasteiger partial charge is 0.379 e.